The Morgan fingerprint density at radius 1 is 1.37 bits per heavy atom. The van der Waals surface area contributed by atoms with Crippen LogP contribution in [0.15, 0.2) is 41.0 Å². The van der Waals surface area contributed by atoms with E-state index in [9.17, 15) is 4.39 Å². The van der Waals surface area contributed by atoms with Gasteiger partial charge in [0.1, 0.15) is 17.3 Å². The highest BCUT2D eigenvalue weighted by atomic mass is 19.1. The predicted molar refractivity (Wildman–Crippen MR) is 73.1 cm³/mol. The van der Waals surface area contributed by atoms with Gasteiger partial charge in [-0.15, -0.1) is 0 Å². The van der Waals surface area contributed by atoms with E-state index in [0.717, 1.165) is 17.9 Å². The van der Waals surface area contributed by atoms with Crippen LogP contribution < -0.4 is 10.1 Å². The molecule has 0 radical (unpaired) electrons. The van der Waals surface area contributed by atoms with E-state index >= 15 is 0 Å². The molecule has 19 heavy (non-hydrogen) atoms. The quantitative estimate of drug-likeness (QED) is 0.859. The Kier molecular flexibility index (Phi) is 4.44. The molecule has 0 bridgehead atoms. The number of hydrogen-bond donors (Lipinski definition) is 1. The topological polar surface area (TPSA) is 34.4 Å². The summed E-state index contributed by atoms with van der Waals surface area (Å²) >= 11 is 0. The first-order valence-corrected chi connectivity index (χ1v) is 6.40. The van der Waals surface area contributed by atoms with Crippen LogP contribution in [0.2, 0.25) is 0 Å². The minimum Gasteiger partial charge on any atom is -0.492 e. The van der Waals surface area contributed by atoms with E-state index in [1.807, 2.05) is 26.0 Å². The Hall–Kier alpha value is -1.97. The minimum atomic E-state index is -0.298. The molecule has 4 heteroatoms. The second-order valence-corrected chi connectivity index (χ2v) is 4.40. The standard InChI is InChI=1S/C15H18FNO2/c1-3-18-15-10-12(16)6-7-14(15)17-11(2)9-13-5-4-8-19-13/h4-8,10-11,17H,3,9H2,1-2H3. The highest BCUT2D eigenvalue weighted by molar-refractivity contribution is 5.57. The van der Waals surface area contributed by atoms with Gasteiger partial charge in [0.25, 0.3) is 0 Å². The lowest BCUT2D eigenvalue weighted by molar-refractivity contribution is 0.339. The maximum absolute atomic E-state index is 13.2. The zero-order valence-electron chi connectivity index (χ0n) is 11.2. The first-order valence-electron chi connectivity index (χ1n) is 6.40. The summed E-state index contributed by atoms with van der Waals surface area (Å²) in [4.78, 5) is 0. The molecule has 2 rings (SSSR count). The Morgan fingerprint density at radius 2 is 2.21 bits per heavy atom. The lowest BCUT2D eigenvalue weighted by Gasteiger charge is -2.17. The number of hydrogen-bond acceptors (Lipinski definition) is 3. The molecule has 0 amide bonds. The van der Waals surface area contributed by atoms with Gasteiger partial charge < -0.3 is 14.5 Å². The maximum atomic E-state index is 13.2. The van der Waals surface area contributed by atoms with Crippen molar-refractivity contribution < 1.29 is 13.5 Å². The van der Waals surface area contributed by atoms with Crippen molar-refractivity contribution in [2.75, 3.05) is 11.9 Å². The molecule has 1 aromatic heterocycles. The van der Waals surface area contributed by atoms with Crippen molar-refractivity contribution in [3.63, 3.8) is 0 Å². The molecule has 0 saturated carbocycles. The van der Waals surface area contributed by atoms with Crippen LogP contribution in [0.3, 0.4) is 0 Å². The Balaban J connectivity index is 2.05. The van der Waals surface area contributed by atoms with Crippen LogP contribution in [-0.2, 0) is 6.42 Å². The minimum absolute atomic E-state index is 0.163. The lowest BCUT2D eigenvalue weighted by atomic mass is 10.1. The van der Waals surface area contributed by atoms with Crippen molar-refractivity contribution in [1.29, 1.82) is 0 Å². The molecule has 2 aromatic rings. The second-order valence-electron chi connectivity index (χ2n) is 4.40. The number of ether oxygens (including phenoxy) is 1. The fourth-order valence-corrected chi connectivity index (χ4v) is 1.94. The van der Waals surface area contributed by atoms with Gasteiger partial charge >= 0.3 is 0 Å². The summed E-state index contributed by atoms with van der Waals surface area (Å²) in [5.74, 6) is 1.15. The molecule has 0 saturated heterocycles. The van der Waals surface area contributed by atoms with Gasteiger partial charge in [-0.1, -0.05) is 0 Å². The summed E-state index contributed by atoms with van der Waals surface area (Å²) in [7, 11) is 0. The Bertz CT molecular complexity index is 511. The number of halogens is 1. The molecule has 0 aliphatic carbocycles. The third kappa shape index (κ3) is 3.74. The van der Waals surface area contributed by atoms with Gasteiger partial charge in [0.05, 0.1) is 18.6 Å². The van der Waals surface area contributed by atoms with Gasteiger partial charge in [0.15, 0.2) is 0 Å². The molecule has 102 valence electrons. The van der Waals surface area contributed by atoms with Crippen LogP contribution in [0.5, 0.6) is 5.75 Å². The Labute approximate surface area is 112 Å². The zero-order chi connectivity index (χ0) is 13.7. The summed E-state index contributed by atoms with van der Waals surface area (Å²) < 4.78 is 23.9. The van der Waals surface area contributed by atoms with E-state index < -0.39 is 0 Å². The molecule has 3 nitrogen and oxygen atoms in total. The van der Waals surface area contributed by atoms with E-state index in [2.05, 4.69) is 5.32 Å². The zero-order valence-corrected chi connectivity index (χ0v) is 11.2. The van der Waals surface area contributed by atoms with Gasteiger partial charge in [-0.25, -0.2) is 4.39 Å². The van der Waals surface area contributed by atoms with Gasteiger partial charge in [-0.2, -0.15) is 0 Å². The molecule has 1 N–H and O–H groups in total. The third-order valence-electron chi connectivity index (χ3n) is 2.73. The SMILES string of the molecule is CCOc1cc(F)ccc1NC(C)Cc1ccco1. The largest absolute Gasteiger partial charge is 0.492 e. The first-order chi connectivity index (χ1) is 9.19. The lowest BCUT2D eigenvalue weighted by Crippen LogP contribution is -2.18. The molecule has 0 aliphatic heterocycles. The number of benzene rings is 1. The second kappa shape index (κ2) is 6.27. The van der Waals surface area contributed by atoms with Crippen LogP contribution in [0.25, 0.3) is 0 Å². The molecular formula is C15H18FNO2. The highest BCUT2D eigenvalue weighted by Gasteiger charge is 2.10. The molecule has 1 aromatic carbocycles. The highest BCUT2D eigenvalue weighted by Crippen LogP contribution is 2.26. The molecule has 1 atom stereocenters. The fraction of sp³-hybridized carbons (Fsp3) is 0.333. The smallest absolute Gasteiger partial charge is 0.145 e. The van der Waals surface area contributed by atoms with Crippen molar-refractivity contribution >= 4 is 5.69 Å². The van der Waals surface area contributed by atoms with Crippen molar-refractivity contribution in [1.82, 2.24) is 0 Å². The van der Waals surface area contributed by atoms with Crippen molar-refractivity contribution in [2.24, 2.45) is 0 Å². The summed E-state index contributed by atoms with van der Waals surface area (Å²) in [5, 5.41) is 3.31. The van der Waals surface area contributed by atoms with Crippen molar-refractivity contribution in [2.45, 2.75) is 26.3 Å². The average molecular weight is 263 g/mol. The predicted octanol–water partition coefficient (Wildman–Crippen LogP) is 3.86. The van der Waals surface area contributed by atoms with Gasteiger partial charge in [0.2, 0.25) is 0 Å². The number of rotatable bonds is 6. The molecule has 1 unspecified atom stereocenters. The van der Waals surface area contributed by atoms with Crippen LogP contribution in [-0.4, -0.2) is 12.6 Å². The van der Waals surface area contributed by atoms with E-state index in [-0.39, 0.29) is 11.9 Å². The maximum Gasteiger partial charge on any atom is 0.145 e. The van der Waals surface area contributed by atoms with E-state index in [0.29, 0.717) is 12.4 Å². The summed E-state index contributed by atoms with van der Waals surface area (Å²) in [6, 6.07) is 8.48. The summed E-state index contributed by atoms with van der Waals surface area (Å²) in [6.07, 6.45) is 2.42. The Morgan fingerprint density at radius 3 is 2.89 bits per heavy atom. The fourth-order valence-electron chi connectivity index (χ4n) is 1.94. The average Bonchev–Trinajstić information content (AvgIpc) is 2.86. The monoisotopic (exact) mass is 263 g/mol. The molecule has 0 spiro atoms. The van der Waals surface area contributed by atoms with Crippen LogP contribution in [0, 0.1) is 5.82 Å². The molecular weight excluding hydrogens is 245 g/mol. The van der Waals surface area contributed by atoms with Crippen molar-refractivity contribution in [3.05, 3.63) is 48.2 Å². The molecule has 1 heterocycles. The molecule has 0 fully saturated rings. The van der Waals surface area contributed by atoms with Gasteiger partial charge in [-0.3, -0.25) is 0 Å². The van der Waals surface area contributed by atoms with Crippen LogP contribution in [0.1, 0.15) is 19.6 Å². The van der Waals surface area contributed by atoms with E-state index in [1.54, 1.807) is 12.3 Å². The van der Waals surface area contributed by atoms with E-state index in [4.69, 9.17) is 9.15 Å². The van der Waals surface area contributed by atoms with Crippen LogP contribution >= 0.6 is 0 Å². The van der Waals surface area contributed by atoms with E-state index in [1.165, 1.54) is 12.1 Å². The first kappa shape index (κ1) is 13.5. The normalized spacial score (nSPS) is 12.2. The number of furan rings is 1. The summed E-state index contributed by atoms with van der Waals surface area (Å²) in [5.41, 5.74) is 0.794. The van der Waals surface area contributed by atoms with Gasteiger partial charge in [0, 0.05) is 18.5 Å². The van der Waals surface area contributed by atoms with Gasteiger partial charge in [-0.05, 0) is 38.1 Å². The summed E-state index contributed by atoms with van der Waals surface area (Å²) in [6.45, 7) is 4.42. The molecule has 0 aliphatic rings. The number of anilines is 1. The van der Waals surface area contributed by atoms with Crippen LogP contribution in [0.4, 0.5) is 10.1 Å². The third-order valence-corrected chi connectivity index (χ3v) is 2.73. The van der Waals surface area contributed by atoms with Crippen molar-refractivity contribution in [3.8, 4) is 5.75 Å². The number of nitrogens with one attached hydrogen (secondary N) is 1.